The third kappa shape index (κ3) is 7.48. The molecule has 34 heavy (non-hydrogen) atoms. The number of rotatable bonds is 11. The molecule has 1 heterocycles. The van der Waals surface area contributed by atoms with Gasteiger partial charge in [-0.05, 0) is 62.2 Å². The Labute approximate surface area is 203 Å². The van der Waals surface area contributed by atoms with E-state index in [1.807, 2.05) is 42.5 Å². The highest BCUT2D eigenvalue weighted by molar-refractivity contribution is 6.02. The van der Waals surface area contributed by atoms with Gasteiger partial charge in [0.25, 0.3) is 11.8 Å². The number of ether oxygens (including phenoxy) is 1. The van der Waals surface area contributed by atoms with Crippen LogP contribution in [0.2, 0.25) is 0 Å². The van der Waals surface area contributed by atoms with E-state index in [0.717, 1.165) is 51.3 Å². The van der Waals surface area contributed by atoms with Crippen LogP contribution in [-0.2, 0) is 4.79 Å². The van der Waals surface area contributed by atoms with Crippen LogP contribution in [0.4, 0.5) is 11.4 Å². The van der Waals surface area contributed by atoms with Gasteiger partial charge in [-0.2, -0.15) is 0 Å². The third-order valence-corrected chi connectivity index (χ3v) is 6.37. The Morgan fingerprint density at radius 1 is 1.06 bits per heavy atom. The van der Waals surface area contributed by atoms with Crippen LogP contribution in [0.1, 0.15) is 44.0 Å². The zero-order valence-electron chi connectivity index (χ0n) is 20.7. The second-order valence-corrected chi connectivity index (χ2v) is 8.83. The molecule has 0 atom stereocenters. The molecule has 0 aromatic heterocycles. The first-order valence-corrected chi connectivity index (χ1v) is 12.4. The Bertz CT molecular complexity index is 923. The number of hydrogen-bond acceptors (Lipinski definition) is 5. The lowest BCUT2D eigenvalue weighted by Gasteiger charge is -2.33. The molecule has 1 aliphatic heterocycles. The van der Waals surface area contributed by atoms with E-state index in [0.29, 0.717) is 29.5 Å². The topological polar surface area (TPSA) is 73.9 Å². The average molecular weight is 467 g/mol. The van der Waals surface area contributed by atoms with Crippen LogP contribution >= 0.6 is 0 Å². The summed E-state index contributed by atoms with van der Waals surface area (Å²) < 4.78 is 5.54. The molecule has 0 saturated carbocycles. The van der Waals surface area contributed by atoms with Crippen molar-refractivity contribution >= 4 is 23.2 Å². The Morgan fingerprint density at radius 3 is 2.44 bits per heavy atom. The first-order valence-electron chi connectivity index (χ1n) is 12.4. The first-order chi connectivity index (χ1) is 16.5. The number of carbonyl (C=O) groups is 2. The standard InChI is InChI=1S/C27H38N4O3/c1-4-30(5-2)18-15-28-27(33)24-19-22(11-12-25(24)31-16-13-21(3)14-17-31)29-26(32)20-34-23-9-7-6-8-10-23/h6-12,19,21H,4-5,13-18,20H2,1-3H3,(H,28,33)(H,29,32). The number of nitrogens with one attached hydrogen (secondary N) is 2. The summed E-state index contributed by atoms with van der Waals surface area (Å²) in [5.74, 6) is 0.958. The zero-order chi connectivity index (χ0) is 24.3. The molecule has 2 aromatic carbocycles. The highest BCUT2D eigenvalue weighted by atomic mass is 16.5. The molecule has 7 nitrogen and oxygen atoms in total. The summed E-state index contributed by atoms with van der Waals surface area (Å²) in [7, 11) is 0. The maximum absolute atomic E-state index is 13.2. The normalized spacial score (nSPS) is 14.2. The molecule has 1 saturated heterocycles. The lowest BCUT2D eigenvalue weighted by molar-refractivity contribution is -0.118. The predicted octanol–water partition coefficient (Wildman–Crippen LogP) is 4.01. The summed E-state index contributed by atoms with van der Waals surface area (Å²) in [6, 6.07) is 14.8. The molecule has 2 aromatic rings. The van der Waals surface area contributed by atoms with Crippen molar-refractivity contribution in [2.75, 3.05) is 56.1 Å². The van der Waals surface area contributed by atoms with Gasteiger partial charge >= 0.3 is 0 Å². The Morgan fingerprint density at radius 2 is 1.76 bits per heavy atom. The van der Waals surface area contributed by atoms with Crippen molar-refractivity contribution in [1.82, 2.24) is 10.2 Å². The number of anilines is 2. The summed E-state index contributed by atoms with van der Waals surface area (Å²) in [6.45, 7) is 11.6. The number of benzene rings is 2. The number of carbonyl (C=O) groups excluding carboxylic acids is 2. The van der Waals surface area contributed by atoms with Gasteiger partial charge in [0.1, 0.15) is 5.75 Å². The number of hydrogen-bond donors (Lipinski definition) is 2. The van der Waals surface area contributed by atoms with Crippen LogP contribution in [0.5, 0.6) is 5.75 Å². The predicted molar refractivity (Wildman–Crippen MR) is 138 cm³/mol. The number of nitrogens with zero attached hydrogens (tertiary/aromatic N) is 2. The van der Waals surface area contributed by atoms with E-state index in [2.05, 4.69) is 41.2 Å². The van der Waals surface area contributed by atoms with Gasteiger partial charge in [-0.25, -0.2) is 0 Å². The minimum Gasteiger partial charge on any atom is -0.484 e. The molecular weight excluding hydrogens is 428 g/mol. The first kappa shape index (κ1) is 25.6. The van der Waals surface area contributed by atoms with Gasteiger partial charge in [-0.3, -0.25) is 9.59 Å². The minimum absolute atomic E-state index is 0.0961. The van der Waals surface area contributed by atoms with Crippen LogP contribution in [0.15, 0.2) is 48.5 Å². The lowest BCUT2D eigenvalue weighted by Crippen LogP contribution is -2.37. The molecule has 7 heteroatoms. The highest BCUT2D eigenvalue weighted by Gasteiger charge is 2.22. The van der Waals surface area contributed by atoms with Crippen molar-refractivity contribution < 1.29 is 14.3 Å². The van der Waals surface area contributed by atoms with Gasteiger partial charge in [0.05, 0.1) is 5.56 Å². The van der Waals surface area contributed by atoms with Crippen molar-refractivity contribution in [3.8, 4) is 5.75 Å². The summed E-state index contributed by atoms with van der Waals surface area (Å²) in [4.78, 5) is 30.2. The van der Waals surface area contributed by atoms with Crippen LogP contribution in [0.3, 0.4) is 0 Å². The minimum atomic E-state index is -0.267. The van der Waals surface area contributed by atoms with Crippen molar-refractivity contribution in [3.05, 3.63) is 54.1 Å². The van der Waals surface area contributed by atoms with E-state index in [1.54, 1.807) is 6.07 Å². The van der Waals surface area contributed by atoms with E-state index >= 15 is 0 Å². The third-order valence-electron chi connectivity index (χ3n) is 6.37. The molecule has 1 aliphatic rings. The van der Waals surface area contributed by atoms with Crippen molar-refractivity contribution in [2.45, 2.75) is 33.6 Å². The summed E-state index contributed by atoms with van der Waals surface area (Å²) in [5, 5.41) is 5.94. The van der Waals surface area contributed by atoms with E-state index < -0.39 is 0 Å². The number of para-hydroxylation sites is 1. The van der Waals surface area contributed by atoms with E-state index in [-0.39, 0.29) is 18.4 Å². The fourth-order valence-corrected chi connectivity index (χ4v) is 4.15. The van der Waals surface area contributed by atoms with E-state index in [4.69, 9.17) is 4.74 Å². The summed E-state index contributed by atoms with van der Waals surface area (Å²) in [6.07, 6.45) is 2.22. The molecule has 0 spiro atoms. The van der Waals surface area contributed by atoms with Crippen molar-refractivity contribution in [2.24, 2.45) is 5.92 Å². The number of piperidine rings is 1. The Kier molecular flexibility index (Phi) is 9.76. The molecule has 0 unspecified atom stereocenters. The maximum atomic E-state index is 13.2. The maximum Gasteiger partial charge on any atom is 0.262 e. The Hall–Kier alpha value is -3.06. The monoisotopic (exact) mass is 466 g/mol. The fourth-order valence-electron chi connectivity index (χ4n) is 4.15. The van der Waals surface area contributed by atoms with E-state index in [1.165, 1.54) is 0 Å². The molecule has 3 rings (SSSR count). The molecule has 2 N–H and O–H groups in total. The van der Waals surface area contributed by atoms with Gasteiger partial charge in [-0.1, -0.05) is 39.0 Å². The summed E-state index contributed by atoms with van der Waals surface area (Å²) >= 11 is 0. The molecule has 1 fully saturated rings. The smallest absolute Gasteiger partial charge is 0.262 e. The molecule has 0 radical (unpaired) electrons. The summed E-state index contributed by atoms with van der Waals surface area (Å²) in [5.41, 5.74) is 2.10. The SMILES string of the molecule is CCN(CC)CCNC(=O)c1cc(NC(=O)COc2ccccc2)ccc1N1CCC(C)CC1. The lowest BCUT2D eigenvalue weighted by atomic mass is 9.97. The van der Waals surface area contributed by atoms with Crippen LogP contribution in [0.25, 0.3) is 0 Å². The van der Waals surface area contributed by atoms with Crippen LogP contribution in [0, 0.1) is 5.92 Å². The average Bonchev–Trinajstić information content (AvgIpc) is 2.86. The molecule has 184 valence electrons. The molecule has 0 aliphatic carbocycles. The van der Waals surface area contributed by atoms with Crippen molar-refractivity contribution in [1.29, 1.82) is 0 Å². The second kappa shape index (κ2) is 13.0. The largest absolute Gasteiger partial charge is 0.484 e. The van der Waals surface area contributed by atoms with Gasteiger partial charge in [0.2, 0.25) is 0 Å². The molecular formula is C27H38N4O3. The van der Waals surface area contributed by atoms with Crippen LogP contribution in [-0.4, -0.2) is 62.6 Å². The van der Waals surface area contributed by atoms with Gasteiger partial charge < -0.3 is 25.2 Å². The van der Waals surface area contributed by atoms with E-state index in [9.17, 15) is 9.59 Å². The van der Waals surface area contributed by atoms with Gasteiger partial charge in [-0.15, -0.1) is 0 Å². The Balaban J connectivity index is 1.69. The second-order valence-electron chi connectivity index (χ2n) is 8.83. The molecule has 0 bridgehead atoms. The van der Waals surface area contributed by atoms with Gasteiger partial charge in [0, 0.05) is 37.6 Å². The van der Waals surface area contributed by atoms with Crippen molar-refractivity contribution in [3.63, 3.8) is 0 Å². The number of likely N-dealkylation sites (N-methyl/N-ethyl adjacent to an activating group) is 1. The highest BCUT2D eigenvalue weighted by Crippen LogP contribution is 2.28. The van der Waals surface area contributed by atoms with Gasteiger partial charge in [0.15, 0.2) is 6.61 Å². The molecule has 2 amide bonds. The zero-order valence-corrected chi connectivity index (χ0v) is 20.7. The fraction of sp³-hybridized carbons (Fsp3) is 0.481. The van der Waals surface area contributed by atoms with Crippen LogP contribution < -0.4 is 20.3 Å². The number of amides is 2. The quantitative estimate of drug-likeness (QED) is 0.523.